The fourth-order valence-electron chi connectivity index (χ4n) is 1.41. The molecule has 6 heteroatoms. The van der Waals surface area contributed by atoms with Gasteiger partial charge in [0.25, 0.3) is 0 Å². The van der Waals surface area contributed by atoms with Crippen molar-refractivity contribution in [2.45, 2.75) is 13.0 Å². The lowest BCUT2D eigenvalue weighted by atomic mass is 10.3. The molecule has 0 radical (unpaired) electrons. The Labute approximate surface area is 83.7 Å². The molecule has 0 aromatic rings. The highest BCUT2D eigenvalue weighted by atomic mass is 16.5. The Balaban J connectivity index is 2.53. The van der Waals surface area contributed by atoms with Crippen LogP contribution in [-0.2, 0) is 4.74 Å². The van der Waals surface area contributed by atoms with Crippen molar-refractivity contribution in [3.63, 3.8) is 0 Å². The molecule has 0 aliphatic carbocycles. The number of nitrogens with two attached hydrogens (primary N) is 1. The van der Waals surface area contributed by atoms with Gasteiger partial charge in [-0.3, -0.25) is 10.4 Å². The van der Waals surface area contributed by atoms with Gasteiger partial charge in [0.2, 0.25) is 5.96 Å². The first kappa shape index (κ1) is 11.2. The predicted octanol–water partition coefficient (Wildman–Crippen LogP) is -1.48. The van der Waals surface area contributed by atoms with E-state index in [2.05, 4.69) is 10.4 Å². The molecule has 6 nitrogen and oxygen atoms in total. The van der Waals surface area contributed by atoms with Crippen LogP contribution in [0.1, 0.15) is 6.92 Å². The molecule has 0 aromatic heterocycles. The largest absolute Gasteiger partial charge is 0.394 e. The van der Waals surface area contributed by atoms with Crippen LogP contribution in [0.25, 0.3) is 0 Å². The smallest absolute Gasteiger partial charge is 0.208 e. The highest BCUT2D eigenvalue weighted by Gasteiger charge is 2.21. The van der Waals surface area contributed by atoms with Crippen molar-refractivity contribution in [2.75, 3.05) is 32.8 Å². The summed E-state index contributed by atoms with van der Waals surface area (Å²) in [5.41, 5.74) is 2.56. The lowest BCUT2D eigenvalue weighted by molar-refractivity contribution is -0.0349. The van der Waals surface area contributed by atoms with Gasteiger partial charge in [-0.05, 0) is 6.92 Å². The minimum Gasteiger partial charge on any atom is -0.394 e. The Morgan fingerprint density at radius 2 is 2.57 bits per heavy atom. The molecule has 1 unspecified atom stereocenters. The fourth-order valence-corrected chi connectivity index (χ4v) is 1.41. The fraction of sp³-hybridized carbons (Fsp3) is 0.875. The maximum atomic E-state index is 8.95. The first-order chi connectivity index (χ1) is 6.81. The zero-order valence-electron chi connectivity index (χ0n) is 8.44. The second kappa shape index (κ2) is 5.79. The molecular formula is C8H18N4O2. The maximum absolute atomic E-state index is 8.95. The summed E-state index contributed by atoms with van der Waals surface area (Å²) in [7, 11) is 0. The van der Waals surface area contributed by atoms with Crippen LogP contribution in [0.15, 0.2) is 4.99 Å². The van der Waals surface area contributed by atoms with E-state index in [-0.39, 0.29) is 12.7 Å². The van der Waals surface area contributed by atoms with Gasteiger partial charge in [0.15, 0.2) is 0 Å². The van der Waals surface area contributed by atoms with Gasteiger partial charge in [-0.25, -0.2) is 5.84 Å². The summed E-state index contributed by atoms with van der Waals surface area (Å²) in [5.74, 6) is 6.01. The standard InChI is InChI=1S/C8H18N4O2/c1-2-10-8(11-9)12-3-4-14-7(5-12)6-13/h7,13H,2-6,9H2,1H3,(H,10,11). The second-order valence-corrected chi connectivity index (χ2v) is 3.06. The Kier molecular flexibility index (Phi) is 4.64. The zero-order chi connectivity index (χ0) is 10.4. The third-order valence-electron chi connectivity index (χ3n) is 2.08. The average Bonchev–Trinajstić information content (AvgIpc) is 2.26. The van der Waals surface area contributed by atoms with E-state index in [0.717, 1.165) is 6.54 Å². The number of nitrogens with one attached hydrogen (secondary N) is 1. The normalized spacial score (nSPS) is 23.8. The Hall–Kier alpha value is -0.850. The number of aliphatic imine (C=N–C) groups is 1. The number of aliphatic hydroxyl groups excluding tert-OH is 1. The summed E-state index contributed by atoms with van der Waals surface area (Å²) in [5, 5.41) is 8.95. The molecule has 0 aromatic carbocycles. The summed E-state index contributed by atoms with van der Waals surface area (Å²) >= 11 is 0. The van der Waals surface area contributed by atoms with Crippen LogP contribution < -0.4 is 11.3 Å². The number of hydrazine groups is 1. The molecule has 0 bridgehead atoms. The molecule has 1 fully saturated rings. The number of nitrogens with zero attached hydrogens (tertiary/aromatic N) is 2. The molecule has 4 N–H and O–H groups in total. The van der Waals surface area contributed by atoms with E-state index in [0.29, 0.717) is 25.7 Å². The van der Waals surface area contributed by atoms with Gasteiger partial charge in [-0.1, -0.05) is 0 Å². The van der Waals surface area contributed by atoms with Crippen molar-refractivity contribution in [1.82, 2.24) is 10.3 Å². The Morgan fingerprint density at radius 3 is 3.14 bits per heavy atom. The van der Waals surface area contributed by atoms with Crippen LogP contribution in [0.2, 0.25) is 0 Å². The van der Waals surface area contributed by atoms with Gasteiger partial charge in [0.1, 0.15) is 0 Å². The van der Waals surface area contributed by atoms with E-state index in [1.807, 2.05) is 11.8 Å². The van der Waals surface area contributed by atoms with E-state index < -0.39 is 0 Å². The van der Waals surface area contributed by atoms with Gasteiger partial charge in [0, 0.05) is 19.6 Å². The zero-order valence-corrected chi connectivity index (χ0v) is 8.44. The number of hydrogen-bond donors (Lipinski definition) is 3. The summed E-state index contributed by atoms with van der Waals surface area (Å²) < 4.78 is 5.31. The van der Waals surface area contributed by atoms with Crippen molar-refractivity contribution < 1.29 is 9.84 Å². The van der Waals surface area contributed by atoms with Crippen LogP contribution in [0.4, 0.5) is 0 Å². The number of rotatable bonds is 2. The minimum absolute atomic E-state index is 0.0283. The number of morpholine rings is 1. The van der Waals surface area contributed by atoms with Crippen LogP contribution in [0, 0.1) is 0 Å². The molecule has 1 aliphatic rings. The van der Waals surface area contributed by atoms with Gasteiger partial charge >= 0.3 is 0 Å². The quantitative estimate of drug-likeness (QED) is 0.220. The van der Waals surface area contributed by atoms with E-state index in [1.54, 1.807) is 0 Å². The first-order valence-corrected chi connectivity index (χ1v) is 4.80. The predicted molar refractivity (Wildman–Crippen MR) is 53.7 cm³/mol. The second-order valence-electron chi connectivity index (χ2n) is 3.06. The number of hydrogen-bond acceptors (Lipinski definition) is 4. The van der Waals surface area contributed by atoms with Crippen molar-refractivity contribution in [2.24, 2.45) is 10.8 Å². The van der Waals surface area contributed by atoms with E-state index in [4.69, 9.17) is 15.7 Å². The molecule has 0 amide bonds. The van der Waals surface area contributed by atoms with Crippen molar-refractivity contribution in [3.05, 3.63) is 0 Å². The number of aliphatic hydroxyl groups is 1. The molecule has 1 atom stereocenters. The lowest BCUT2D eigenvalue weighted by Crippen LogP contribution is -2.53. The molecule has 14 heavy (non-hydrogen) atoms. The van der Waals surface area contributed by atoms with Crippen LogP contribution in [-0.4, -0.2) is 54.9 Å². The van der Waals surface area contributed by atoms with Crippen molar-refractivity contribution >= 4 is 5.96 Å². The molecule has 1 aliphatic heterocycles. The van der Waals surface area contributed by atoms with Crippen LogP contribution >= 0.6 is 0 Å². The first-order valence-electron chi connectivity index (χ1n) is 4.80. The van der Waals surface area contributed by atoms with E-state index >= 15 is 0 Å². The monoisotopic (exact) mass is 202 g/mol. The third kappa shape index (κ3) is 2.83. The highest BCUT2D eigenvalue weighted by molar-refractivity contribution is 5.79. The van der Waals surface area contributed by atoms with Gasteiger partial charge in [-0.15, -0.1) is 0 Å². The molecule has 0 spiro atoms. The summed E-state index contributed by atoms with van der Waals surface area (Å²) in [6.07, 6.45) is -0.140. The van der Waals surface area contributed by atoms with Crippen molar-refractivity contribution in [1.29, 1.82) is 0 Å². The van der Waals surface area contributed by atoms with Crippen LogP contribution in [0.3, 0.4) is 0 Å². The highest BCUT2D eigenvalue weighted by Crippen LogP contribution is 2.04. The lowest BCUT2D eigenvalue weighted by Gasteiger charge is -2.33. The summed E-state index contributed by atoms with van der Waals surface area (Å²) in [4.78, 5) is 6.18. The minimum atomic E-state index is -0.140. The van der Waals surface area contributed by atoms with E-state index in [9.17, 15) is 0 Å². The topological polar surface area (TPSA) is 83.1 Å². The maximum Gasteiger partial charge on any atom is 0.208 e. The Bertz CT molecular complexity index is 198. The summed E-state index contributed by atoms with van der Waals surface area (Å²) in [6, 6.07) is 0. The number of ether oxygens (including phenoxy) is 1. The molecular weight excluding hydrogens is 184 g/mol. The van der Waals surface area contributed by atoms with Crippen molar-refractivity contribution in [3.8, 4) is 0 Å². The SMILES string of the molecule is CCN=C(NN)N1CCOC(CO)C1. The van der Waals surface area contributed by atoms with Gasteiger partial charge < -0.3 is 14.7 Å². The van der Waals surface area contributed by atoms with Gasteiger partial charge in [-0.2, -0.15) is 0 Å². The molecule has 1 saturated heterocycles. The third-order valence-corrected chi connectivity index (χ3v) is 2.08. The molecule has 1 rings (SSSR count). The van der Waals surface area contributed by atoms with E-state index in [1.165, 1.54) is 0 Å². The number of guanidine groups is 1. The average molecular weight is 202 g/mol. The summed E-state index contributed by atoms with van der Waals surface area (Å²) in [6.45, 7) is 4.62. The molecule has 0 saturated carbocycles. The molecule has 82 valence electrons. The van der Waals surface area contributed by atoms with Crippen LogP contribution in [0.5, 0.6) is 0 Å². The molecule has 1 heterocycles. The Morgan fingerprint density at radius 1 is 1.79 bits per heavy atom. The van der Waals surface area contributed by atoms with Gasteiger partial charge in [0.05, 0.1) is 19.3 Å².